The maximum atomic E-state index is 6.13. The van der Waals surface area contributed by atoms with Crippen molar-refractivity contribution >= 4 is 0 Å². The quantitative estimate of drug-likeness (QED) is 0.682. The second-order valence-corrected chi connectivity index (χ2v) is 4.12. The molecular formula is C12H17NO. The molecule has 2 atom stereocenters. The van der Waals surface area contributed by atoms with Crippen LogP contribution in [0.1, 0.15) is 35.2 Å². The number of hydrogen-bond acceptors (Lipinski definition) is 2. The first-order valence-electron chi connectivity index (χ1n) is 5.07. The van der Waals surface area contributed by atoms with E-state index in [1.807, 2.05) is 6.92 Å². The van der Waals surface area contributed by atoms with Crippen molar-refractivity contribution in [2.45, 2.75) is 39.5 Å². The Labute approximate surface area is 85.1 Å². The van der Waals surface area contributed by atoms with Crippen LogP contribution in [0.4, 0.5) is 0 Å². The number of benzene rings is 1. The highest BCUT2D eigenvalue weighted by Crippen LogP contribution is 2.31. The Morgan fingerprint density at radius 1 is 1.36 bits per heavy atom. The molecule has 0 bridgehead atoms. The molecule has 0 spiro atoms. The van der Waals surface area contributed by atoms with Gasteiger partial charge in [0.05, 0.1) is 18.8 Å². The highest BCUT2D eigenvalue weighted by molar-refractivity contribution is 5.42. The Kier molecular flexibility index (Phi) is 2.33. The molecular weight excluding hydrogens is 174 g/mol. The SMILES string of the molecule is Cc1ccc2c(c1C)C(N)C(C)OC2. The lowest BCUT2D eigenvalue weighted by Gasteiger charge is -2.30. The maximum Gasteiger partial charge on any atom is 0.0744 e. The molecule has 0 saturated carbocycles. The fourth-order valence-corrected chi connectivity index (χ4v) is 2.04. The molecule has 1 heterocycles. The molecule has 0 radical (unpaired) electrons. The molecule has 1 aromatic carbocycles. The molecule has 0 fully saturated rings. The van der Waals surface area contributed by atoms with Crippen LogP contribution >= 0.6 is 0 Å². The average Bonchev–Trinajstić information content (AvgIpc) is 2.17. The van der Waals surface area contributed by atoms with E-state index in [1.54, 1.807) is 0 Å². The van der Waals surface area contributed by atoms with Gasteiger partial charge < -0.3 is 10.5 Å². The highest BCUT2D eigenvalue weighted by Gasteiger charge is 2.25. The smallest absolute Gasteiger partial charge is 0.0744 e. The number of hydrogen-bond donors (Lipinski definition) is 1. The summed E-state index contributed by atoms with van der Waals surface area (Å²) in [5.74, 6) is 0. The molecule has 0 saturated heterocycles. The molecule has 0 aliphatic carbocycles. The van der Waals surface area contributed by atoms with Gasteiger partial charge in [0.1, 0.15) is 0 Å². The van der Waals surface area contributed by atoms with Crippen molar-refractivity contribution in [1.29, 1.82) is 0 Å². The molecule has 0 aromatic heterocycles. The van der Waals surface area contributed by atoms with E-state index in [1.165, 1.54) is 22.3 Å². The number of ether oxygens (including phenoxy) is 1. The minimum absolute atomic E-state index is 0.0265. The Bertz CT molecular complexity index is 360. The van der Waals surface area contributed by atoms with Gasteiger partial charge in [-0.05, 0) is 43.0 Å². The molecule has 0 amide bonds. The Balaban J connectivity index is 2.56. The van der Waals surface area contributed by atoms with E-state index < -0.39 is 0 Å². The van der Waals surface area contributed by atoms with E-state index in [4.69, 9.17) is 10.5 Å². The lowest BCUT2D eigenvalue weighted by molar-refractivity contribution is 0.0211. The molecule has 14 heavy (non-hydrogen) atoms. The van der Waals surface area contributed by atoms with Gasteiger partial charge in [-0.25, -0.2) is 0 Å². The molecule has 2 unspecified atom stereocenters. The first kappa shape index (κ1) is 9.69. The fraction of sp³-hybridized carbons (Fsp3) is 0.500. The number of rotatable bonds is 0. The zero-order valence-corrected chi connectivity index (χ0v) is 9.00. The van der Waals surface area contributed by atoms with Crippen LogP contribution in [0.5, 0.6) is 0 Å². The van der Waals surface area contributed by atoms with Gasteiger partial charge in [0.2, 0.25) is 0 Å². The molecule has 2 rings (SSSR count). The van der Waals surface area contributed by atoms with Crippen molar-refractivity contribution < 1.29 is 4.74 Å². The zero-order valence-electron chi connectivity index (χ0n) is 9.00. The van der Waals surface area contributed by atoms with Gasteiger partial charge in [-0.15, -0.1) is 0 Å². The number of nitrogens with two attached hydrogens (primary N) is 1. The predicted octanol–water partition coefficient (Wildman–Crippen LogP) is 2.22. The van der Waals surface area contributed by atoms with Gasteiger partial charge in [0.25, 0.3) is 0 Å². The van der Waals surface area contributed by atoms with Crippen LogP contribution in [-0.2, 0) is 11.3 Å². The highest BCUT2D eigenvalue weighted by atomic mass is 16.5. The van der Waals surface area contributed by atoms with Crippen LogP contribution in [0.3, 0.4) is 0 Å². The van der Waals surface area contributed by atoms with E-state index in [-0.39, 0.29) is 12.1 Å². The van der Waals surface area contributed by atoms with Crippen molar-refractivity contribution in [3.05, 3.63) is 34.4 Å². The molecule has 2 nitrogen and oxygen atoms in total. The number of aryl methyl sites for hydroxylation is 1. The van der Waals surface area contributed by atoms with Crippen LogP contribution in [0.15, 0.2) is 12.1 Å². The summed E-state index contributed by atoms with van der Waals surface area (Å²) < 4.78 is 5.59. The third kappa shape index (κ3) is 1.35. The van der Waals surface area contributed by atoms with Gasteiger partial charge in [-0.1, -0.05) is 12.1 Å². The third-order valence-corrected chi connectivity index (χ3v) is 3.22. The summed E-state index contributed by atoms with van der Waals surface area (Å²) in [6.07, 6.45) is 0.128. The van der Waals surface area contributed by atoms with Gasteiger partial charge in [-0.3, -0.25) is 0 Å². The first-order chi connectivity index (χ1) is 6.61. The van der Waals surface area contributed by atoms with Crippen LogP contribution in [0, 0.1) is 13.8 Å². The van der Waals surface area contributed by atoms with E-state index in [0.717, 1.165) is 0 Å². The minimum Gasteiger partial charge on any atom is -0.372 e. The van der Waals surface area contributed by atoms with E-state index >= 15 is 0 Å². The maximum absolute atomic E-state index is 6.13. The van der Waals surface area contributed by atoms with Gasteiger partial charge in [0.15, 0.2) is 0 Å². The van der Waals surface area contributed by atoms with Crippen LogP contribution in [0.2, 0.25) is 0 Å². The molecule has 1 aliphatic rings. The summed E-state index contributed by atoms with van der Waals surface area (Å²) in [5.41, 5.74) is 11.3. The normalized spacial score (nSPS) is 26.0. The Morgan fingerprint density at radius 2 is 2.07 bits per heavy atom. The van der Waals surface area contributed by atoms with E-state index in [2.05, 4.69) is 26.0 Å². The second-order valence-electron chi connectivity index (χ2n) is 4.12. The molecule has 1 aliphatic heterocycles. The van der Waals surface area contributed by atoms with Crippen molar-refractivity contribution in [2.75, 3.05) is 0 Å². The van der Waals surface area contributed by atoms with Crippen LogP contribution in [0.25, 0.3) is 0 Å². The van der Waals surface area contributed by atoms with Gasteiger partial charge >= 0.3 is 0 Å². The average molecular weight is 191 g/mol. The van der Waals surface area contributed by atoms with Crippen LogP contribution in [-0.4, -0.2) is 6.10 Å². The minimum atomic E-state index is 0.0265. The fourth-order valence-electron chi connectivity index (χ4n) is 2.04. The standard InChI is InChI=1S/C12H17NO/c1-7-4-5-10-6-14-9(3)12(13)11(10)8(7)2/h4-5,9,12H,6,13H2,1-3H3. The largest absolute Gasteiger partial charge is 0.372 e. The Hall–Kier alpha value is -0.860. The van der Waals surface area contributed by atoms with Crippen molar-refractivity contribution in [3.8, 4) is 0 Å². The topological polar surface area (TPSA) is 35.2 Å². The lowest BCUT2D eigenvalue weighted by atomic mass is 9.89. The molecule has 1 aromatic rings. The van der Waals surface area contributed by atoms with Crippen molar-refractivity contribution in [2.24, 2.45) is 5.73 Å². The van der Waals surface area contributed by atoms with Crippen molar-refractivity contribution in [3.63, 3.8) is 0 Å². The predicted molar refractivity (Wildman–Crippen MR) is 57.1 cm³/mol. The van der Waals surface area contributed by atoms with Gasteiger partial charge in [0, 0.05) is 0 Å². The summed E-state index contributed by atoms with van der Waals surface area (Å²) in [5, 5.41) is 0. The monoisotopic (exact) mass is 191 g/mol. The Morgan fingerprint density at radius 3 is 2.79 bits per heavy atom. The first-order valence-corrected chi connectivity index (χ1v) is 5.07. The molecule has 2 N–H and O–H groups in total. The zero-order chi connectivity index (χ0) is 10.3. The van der Waals surface area contributed by atoms with E-state index in [0.29, 0.717) is 6.61 Å². The van der Waals surface area contributed by atoms with Crippen LogP contribution < -0.4 is 5.73 Å². The van der Waals surface area contributed by atoms with Gasteiger partial charge in [-0.2, -0.15) is 0 Å². The summed E-state index contributed by atoms with van der Waals surface area (Å²) in [4.78, 5) is 0. The molecule has 2 heteroatoms. The van der Waals surface area contributed by atoms with Crippen molar-refractivity contribution in [1.82, 2.24) is 0 Å². The third-order valence-electron chi connectivity index (χ3n) is 3.22. The summed E-state index contributed by atoms with van der Waals surface area (Å²) in [6, 6.07) is 4.29. The summed E-state index contributed by atoms with van der Waals surface area (Å²) in [7, 11) is 0. The summed E-state index contributed by atoms with van der Waals surface area (Å²) in [6.45, 7) is 7.01. The number of fused-ring (bicyclic) bond motifs is 1. The lowest BCUT2D eigenvalue weighted by Crippen LogP contribution is -2.32. The molecule has 76 valence electrons. The summed E-state index contributed by atoms with van der Waals surface area (Å²) >= 11 is 0. The van der Waals surface area contributed by atoms with E-state index in [9.17, 15) is 0 Å². The second kappa shape index (κ2) is 3.37.